The molecule has 0 saturated carbocycles. The van der Waals surface area contributed by atoms with Crippen molar-refractivity contribution in [2.45, 2.75) is 91.5 Å². The maximum atomic E-state index is 13.5. The largest absolute Gasteiger partial charge is 0.394 e. The van der Waals surface area contributed by atoms with Crippen molar-refractivity contribution in [3.8, 4) is 11.3 Å². The summed E-state index contributed by atoms with van der Waals surface area (Å²) in [5, 5.41) is 31.6. The maximum Gasteiger partial charge on any atom is 0.243 e. The number of rotatable bonds is 9. The third-order valence-corrected chi connectivity index (χ3v) is 8.31. The zero-order valence-electron chi connectivity index (χ0n) is 25.1. The summed E-state index contributed by atoms with van der Waals surface area (Å²) in [6, 6.07) is 6.85. The van der Waals surface area contributed by atoms with E-state index in [9.17, 15) is 19.8 Å². The molecule has 9 heteroatoms. The number of hydrogen-bond donors (Lipinski definition) is 4. The molecule has 3 heterocycles. The SMILES string of the molecule is CC.CCn1nccc1-c1ccc(C(CO)NC(=O)C2CC(O)CN2C(=O)C(C)C(C)C)c(C2CCNCC2)c1. The molecule has 4 atom stereocenters. The molecule has 4 N–H and O–H groups in total. The van der Waals surface area contributed by atoms with Crippen molar-refractivity contribution in [2.24, 2.45) is 11.8 Å². The number of amides is 2. The Hall–Kier alpha value is -2.75. The molecule has 2 fully saturated rings. The lowest BCUT2D eigenvalue weighted by Gasteiger charge is -2.31. The summed E-state index contributed by atoms with van der Waals surface area (Å²) in [7, 11) is 0. The highest BCUT2D eigenvalue weighted by molar-refractivity contribution is 5.89. The predicted molar refractivity (Wildman–Crippen MR) is 158 cm³/mol. The van der Waals surface area contributed by atoms with E-state index in [4.69, 9.17) is 0 Å². The van der Waals surface area contributed by atoms with Gasteiger partial charge in [0.05, 0.1) is 24.4 Å². The monoisotopic (exact) mass is 555 g/mol. The molecule has 2 aliphatic rings. The Morgan fingerprint density at radius 2 is 1.85 bits per heavy atom. The highest BCUT2D eigenvalue weighted by Crippen LogP contribution is 2.35. The van der Waals surface area contributed by atoms with Crippen LogP contribution in [0.2, 0.25) is 0 Å². The van der Waals surface area contributed by atoms with Gasteiger partial charge in [-0.2, -0.15) is 5.10 Å². The summed E-state index contributed by atoms with van der Waals surface area (Å²) >= 11 is 0. The van der Waals surface area contributed by atoms with Crippen LogP contribution in [0.25, 0.3) is 11.3 Å². The minimum atomic E-state index is -0.756. The van der Waals surface area contributed by atoms with Crippen molar-refractivity contribution in [3.05, 3.63) is 41.6 Å². The molecule has 0 spiro atoms. The van der Waals surface area contributed by atoms with Crippen molar-refractivity contribution in [1.29, 1.82) is 0 Å². The molecule has 9 nitrogen and oxygen atoms in total. The summed E-state index contributed by atoms with van der Waals surface area (Å²) in [5.74, 6) is -0.281. The predicted octanol–water partition coefficient (Wildman–Crippen LogP) is 3.47. The summed E-state index contributed by atoms with van der Waals surface area (Å²) in [4.78, 5) is 28.1. The minimum Gasteiger partial charge on any atom is -0.394 e. The number of nitrogens with one attached hydrogen (secondary N) is 2. The fourth-order valence-corrected chi connectivity index (χ4v) is 5.71. The molecule has 4 unspecified atom stereocenters. The van der Waals surface area contributed by atoms with Crippen LogP contribution in [-0.2, 0) is 16.1 Å². The van der Waals surface area contributed by atoms with Crippen LogP contribution < -0.4 is 10.6 Å². The third-order valence-electron chi connectivity index (χ3n) is 8.31. The van der Waals surface area contributed by atoms with Gasteiger partial charge in [0.15, 0.2) is 0 Å². The first-order chi connectivity index (χ1) is 19.2. The van der Waals surface area contributed by atoms with Gasteiger partial charge in [0.1, 0.15) is 6.04 Å². The lowest BCUT2D eigenvalue weighted by molar-refractivity contribution is -0.142. The summed E-state index contributed by atoms with van der Waals surface area (Å²) < 4.78 is 1.96. The number of aliphatic hydroxyl groups excluding tert-OH is 2. The number of likely N-dealkylation sites (tertiary alicyclic amines) is 1. The molecule has 2 aromatic rings. The molecule has 1 aromatic carbocycles. The second kappa shape index (κ2) is 14.8. The average molecular weight is 556 g/mol. The Kier molecular flexibility index (Phi) is 11.7. The first kappa shape index (κ1) is 31.8. The van der Waals surface area contributed by atoms with E-state index >= 15 is 0 Å². The summed E-state index contributed by atoms with van der Waals surface area (Å²) in [5.41, 5.74) is 4.11. The number of aliphatic hydroxyl groups is 2. The van der Waals surface area contributed by atoms with Gasteiger partial charge in [-0.15, -0.1) is 0 Å². The van der Waals surface area contributed by atoms with Gasteiger partial charge in [-0.1, -0.05) is 46.8 Å². The highest BCUT2D eigenvalue weighted by Gasteiger charge is 2.41. The van der Waals surface area contributed by atoms with E-state index < -0.39 is 18.2 Å². The van der Waals surface area contributed by atoms with Gasteiger partial charge >= 0.3 is 0 Å². The number of hydrogen-bond acceptors (Lipinski definition) is 6. The van der Waals surface area contributed by atoms with E-state index in [2.05, 4.69) is 28.7 Å². The fraction of sp³-hybridized carbons (Fsp3) is 0.645. The molecule has 2 amide bonds. The number of nitrogens with zero attached hydrogens (tertiary/aromatic N) is 3. The fourth-order valence-electron chi connectivity index (χ4n) is 5.71. The van der Waals surface area contributed by atoms with Gasteiger partial charge in [0.25, 0.3) is 0 Å². The molecule has 0 radical (unpaired) electrons. The number of carbonyl (C=O) groups is 2. The lowest BCUT2D eigenvalue weighted by Crippen LogP contribution is -2.49. The zero-order chi connectivity index (χ0) is 29.4. The highest BCUT2D eigenvalue weighted by atomic mass is 16.3. The molecule has 2 saturated heterocycles. The van der Waals surface area contributed by atoms with Crippen LogP contribution in [0.3, 0.4) is 0 Å². The molecular weight excluding hydrogens is 506 g/mol. The van der Waals surface area contributed by atoms with Crippen molar-refractivity contribution in [1.82, 2.24) is 25.3 Å². The van der Waals surface area contributed by atoms with Crippen LogP contribution in [0.15, 0.2) is 30.5 Å². The van der Waals surface area contributed by atoms with Crippen LogP contribution in [0, 0.1) is 11.8 Å². The Labute approximate surface area is 239 Å². The quantitative estimate of drug-likeness (QED) is 0.376. The third kappa shape index (κ3) is 7.11. The summed E-state index contributed by atoms with van der Waals surface area (Å²) in [6.07, 6.45) is 3.20. The smallest absolute Gasteiger partial charge is 0.243 e. The number of piperidine rings is 1. The van der Waals surface area contributed by atoms with Gasteiger partial charge in [-0.25, -0.2) is 0 Å². The van der Waals surface area contributed by atoms with E-state index in [0.29, 0.717) is 5.92 Å². The van der Waals surface area contributed by atoms with Gasteiger partial charge in [-0.05, 0) is 68.0 Å². The zero-order valence-corrected chi connectivity index (χ0v) is 25.1. The first-order valence-electron chi connectivity index (χ1n) is 15.0. The molecule has 2 aliphatic heterocycles. The Morgan fingerprint density at radius 1 is 1.15 bits per heavy atom. The number of carbonyl (C=O) groups excluding carboxylic acids is 2. The Morgan fingerprint density at radius 3 is 2.48 bits per heavy atom. The van der Waals surface area contributed by atoms with Gasteiger partial charge in [-0.3, -0.25) is 14.3 Å². The molecule has 222 valence electrons. The topological polar surface area (TPSA) is 120 Å². The van der Waals surface area contributed by atoms with E-state index in [-0.39, 0.29) is 43.2 Å². The number of benzene rings is 1. The van der Waals surface area contributed by atoms with Crippen LogP contribution in [0.5, 0.6) is 0 Å². The van der Waals surface area contributed by atoms with E-state index in [1.54, 1.807) is 6.20 Å². The van der Waals surface area contributed by atoms with Crippen molar-refractivity contribution >= 4 is 11.8 Å². The van der Waals surface area contributed by atoms with Crippen LogP contribution in [-0.4, -0.2) is 75.1 Å². The van der Waals surface area contributed by atoms with Gasteiger partial charge in [0.2, 0.25) is 11.8 Å². The van der Waals surface area contributed by atoms with Crippen molar-refractivity contribution < 1.29 is 19.8 Å². The molecule has 0 bridgehead atoms. The van der Waals surface area contributed by atoms with E-state index in [1.165, 1.54) is 4.90 Å². The molecule has 4 rings (SSSR count). The molecule has 1 aromatic heterocycles. The van der Waals surface area contributed by atoms with Crippen LogP contribution >= 0.6 is 0 Å². The van der Waals surface area contributed by atoms with Crippen molar-refractivity contribution in [3.63, 3.8) is 0 Å². The van der Waals surface area contributed by atoms with Gasteiger partial charge < -0.3 is 25.7 Å². The second-order valence-electron chi connectivity index (χ2n) is 11.1. The van der Waals surface area contributed by atoms with E-state index in [1.807, 2.05) is 57.5 Å². The normalized spacial score (nSPS) is 21.1. The van der Waals surface area contributed by atoms with Crippen molar-refractivity contribution in [2.75, 3.05) is 26.2 Å². The maximum absolute atomic E-state index is 13.5. The first-order valence-corrected chi connectivity index (χ1v) is 15.0. The standard InChI is InChI=1S/C29H43N5O4.C2H6/c1-5-34-26(10-13-31-34)21-6-7-23(24(14-21)20-8-11-30-12-9-20)25(17-35)32-28(37)27-15-22(36)16-33(27)29(38)19(4)18(2)3;1-2/h6-7,10,13-14,18-20,22,25,27,30,35-36H,5,8-9,11-12,15-17H2,1-4H3,(H,32,37);1-2H3. The summed E-state index contributed by atoms with van der Waals surface area (Å²) in [6.45, 7) is 14.4. The van der Waals surface area contributed by atoms with Crippen LogP contribution in [0.4, 0.5) is 0 Å². The number of aromatic nitrogens is 2. The molecular formula is C31H49N5O4. The number of aryl methyl sites for hydroxylation is 1. The number of β-amino-alcohol motifs (C(OH)–C–C–N with tert-alkyl or cyclic N) is 1. The van der Waals surface area contributed by atoms with Crippen LogP contribution in [0.1, 0.15) is 83.9 Å². The molecule has 0 aliphatic carbocycles. The van der Waals surface area contributed by atoms with Gasteiger partial charge in [0, 0.05) is 37.2 Å². The Bertz CT molecular complexity index is 1110. The average Bonchev–Trinajstić information content (AvgIpc) is 3.63. The second-order valence-corrected chi connectivity index (χ2v) is 11.1. The Balaban J connectivity index is 0.00000216. The minimum absolute atomic E-state index is 0.121. The van der Waals surface area contributed by atoms with E-state index in [0.717, 1.165) is 54.9 Å². The lowest BCUT2D eigenvalue weighted by atomic mass is 9.83. The molecule has 40 heavy (non-hydrogen) atoms.